The second kappa shape index (κ2) is 5.35. The van der Waals surface area contributed by atoms with Crippen molar-refractivity contribution in [2.24, 2.45) is 0 Å². The van der Waals surface area contributed by atoms with Gasteiger partial charge in [0.2, 0.25) is 5.79 Å². The highest BCUT2D eigenvalue weighted by Gasteiger charge is 2.46. The fourth-order valence-electron chi connectivity index (χ4n) is 0.889. The first-order valence-electron chi connectivity index (χ1n) is 3.81. The Morgan fingerprint density at radius 1 is 1.43 bits per heavy atom. The zero-order valence-electron chi connectivity index (χ0n) is 7.57. The van der Waals surface area contributed by atoms with Crippen molar-refractivity contribution in [3.63, 3.8) is 0 Å². The zero-order chi connectivity index (χ0) is 11.4. The quantitative estimate of drug-likeness (QED) is 0.228. The molecular weight excluding hydrogens is 196 g/mol. The van der Waals surface area contributed by atoms with Crippen LogP contribution in [0.3, 0.4) is 0 Å². The van der Waals surface area contributed by atoms with Crippen LogP contribution >= 0.6 is 0 Å². The lowest BCUT2D eigenvalue weighted by Gasteiger charge is -2.34. The Hall–Kier alpha value is -0.570. The lowest BCUT2D eigenvalue weighted by Crippen LogP contribution is -2.59. The number of aliphatic hydroxyl groups is 5. The van der Waals surface area contributed by atoms with Crippen LogP contribution in [0.25, 0.3) is 0 Å². The smallest absolute Gasteiger partial charge is 0.228 e. The van der Waals surface area contributed by atoms with E-state index in [2.05, 4.69) is 4.74 Å². The predicted octanol–water partition coefficient (Wildman–Crippen LogP) is -3.40. The van der Waals surface area contributed by atoms with Crippen LogP contribution in [0.5, 0.6) is 0 Å². The molecule has 0 aromatic carbocycles. The molecule has 5 N–H and O–H groups in total. The van der Waals surface area contributed by atoms with E-state index in [1.165, 1.54) is 0 Å². The molecule has 0 radical (unpaired) electrons. The molecule has 4 atom stereocenters. The van der Waals surface area contributed by atoms with Crippen LogP contribution in [0.2, 0.25) is 0 Å². The lowest BCUT2D eigenvalue weighted by atomic mass is 9.99. The van der Waals surface area contributed by atoms with E-state index in [-0.39, 0.29) is 6.29 Å². The maximum atomic E-state index is 10.2. The Bertz CT molecular complexity index is 185. The number of carbonyl (C=O) groups excluding carboxylic acids is 1. The number of rotatable bonds is 6. The van der Waals surface area contributed by atoms with Gasteiger partial charge in [0.05, 0.1) is 6.61 Å². The van der Waals surface area contributed by atoms with E-state index < -0.39 is 30.7 Å². The topological polar surface area (TPSA) is 127 Å². The first-order valence-corrected chi connectivity index (χ1v) is 3.81. The number of hydrogen-bond acceptors (Lipinski definition) is 7. The molecular formula is C7H14O7. The van der Waals surface area contributed by atoms with Crippen LogP contribution in [-0.4, -0.2) is 69.6 Å². The van der Waals surface area contributed by atoms with E-state index in [1.807, 2.05) is 0 Å². The molecule has 0 aromatic rings. The number of aliphatic hydroxyl groups excluding tert-OH is 4. The number of hydrogen-bond donors (Lipinski definition) is 5. The summed E-state index contributed by atoms with van der Waals surface area (Å²) in [6, 6.07) is 0. The lowest BCUT2D eigenvalue weighted by molar-refractivity contribution is -0.296. The van der Waals surface area contributed by atoms with Gasteiger partial charge >= 0.3 is 0 Å². The van der Waals surface area contributed by atoms with Gasteiger partial charge in [-0.3, -0.25) is 0 Å². The molecule has 7 heteroatoms. The van der Waals surface area contributed by atoms with Crippen molar-refractivity contribution in [2.45, 2.75) is 24.1 Å². The normalized spacial score (nSPS) is 22.1. The molecule has 14 heavy (non-hydrogen) atoms. The third kappa shape index (κ3) is 2.47. The minimum Gasteiger partial charge on any atom is -0.394 e. The molecule has 0 aliphatic rings. The summed E-state index contributed by atoms with van der Waals surface area (Å²) in [6.07, 6.45) is -5.81. The minimum absolute atomic E-state index is 0.0587. The summed E-state index contributed by atoms with van der Waals surface area (Å²) in [4.78, 5) is 10.2. The van der Waals surface area contributed by atoms with Gasteiger partial charge in [-0.15, -0.1) is 0 Å². The minimum atomic E-state index is -2.64. The molecule has 0 aliphatic carbocycles. The fourth-order valence-corrected chi connectivity index (χ4v) is 0.889. The highest BCUT2D eigenvalue weighted by atomic mass is 16.6. The Morgan fingerprint density at radius 2 is 1.93 bits per heavy atom. The van der Waals surface area contributed by atoms with Crippen molar-refractivity contribution >= 4 is 6.29 Å². The highest BCUT2D eigenvalue weighted by molar-refractivity contribution is 5.57. The Morgan fingerprint density at radius 3 is 2.21 bits per heavy atom. The molecule has 0 saturated carbocycles. The average Bonchev–Trinajstić information content (AvgIpc) is 2.24. The molecule has 0 aromatic heterocycles. The van der Waals surface area contributed by atoms with Crippen LogP contribution in [0.4, 0.5) is 0 Å². The van der Waals surface area contributed by atoms with E-state index in [0.29, 0.717) is 0 Å². The first-order chi connectivity index (χ1) is 6.43. The molecule has 0 rings (SSSR count). The number of carbonyl (C=O) groups is 1. The molecule has 0 fully saturated rings. The maximum absolute atomic E-state index is 10.2. The first kappa shape index (κ1) is 13.4. The molecule has 7 nitrogen and oxygen atoms in total. The Labute approximate surface area is 80.2 Å². The summed E-state index contributed by atoms with van der Waals surface area (Å²) in [6.45, 7) is -0.849. The van der Waals surface area contributed by atoms with E-state index in [0.717, 1.165) is 7.11 Å². The monoisotopic (exact) mass is 210 g/mol. The van der Waals surface area contributed by atoms with Gasteiger partial charge in [-0.05, 0) is 0 Å². The summed E-state index contributed by atoms with van der Waals surface area (Å²) in [7, 11) is 0.931. The molecule has 0 bridgehead atoms. The third-order valence-electron chi connectivity index (χ3n) is 1.85. The van der Waals surface area contributed by atoms with Gasteiger partial charge in [0.1, 0.15) is 12.2 Å². The van der Waals surface area contributed by atoms with Gasteiger partial charge in [-0.1, -0.05) is 0 Å². The van der Waals surface area contributed by atoms with E-state index in [4.69, 9.17) is 15.3 Å². The molecule has 0 amide bonds. The number of ether oxygens (including phenoxy) is 1. The third-order valence-corrected chi connectivity index (χ3v) is 1.85. The van der Waals surface area contributed by atoms with Crippen LogP contribution in [0, 0.1) is 0 Å². The summed E-state index contributed by atoms with van der Waals surface area (Å²) in [5, 5.41) is 45.1. The molecule has 84 valence electrons. The zero-order valence-corrected chi connectivity index (χ0v) is 7.57. The van der Waals surface area contributed by atoms with Crippen LogP contribution in [-0.2, 0) is 9.53 Å². The number of methoxy groups -OCH3 is 1. The second-order valence-electron chi connectivity index (χ2n) is 2.73. The highest BCUT2D eigenvalue weighted by Crippen LogP contribution is 2.18. The standard InChI is InChI=1S/C7H14O7/c1-14-7(13,5(11)3-9)6(12)4(10)2-8/h3-6,8,10-13H,2H2,1H3/t4-,5+,6-,7+/m1/s1. The van der Waals surface area contributed by atoms with Crippen molar-refractivity contribution in [1.82, 2.24) is 0 Å². The largest absolute Gasteiger partial charge is 0.394 e. The predicted molar refractivity (Wildman–Crippen MR) is 43.1 cm³/mol. The maximum Gasteiger partial charge on any atom is 0.228 e. The summed E-state index contributed by atoms with van der Waals surface area (Å²) in [5.74, 6) is -2.64. The Kier molecular flexibility index (Phi) is 5.13. The molecule has 0 heterocycles. The SMILES string of the molecule is CO[C@](O)([C@H](O)[C@H](O)CO)[C@@H](O)C=O. The van der Waals surface area contributed by atoms with Crippen molar-refractivity contribution in [2.75, 3.05) is 13.7 Å². The van der Waals surface area contributed by atoms with E-state index in [9.17, 15) is 15.0 Å². The molecule has 0 spiro atoms. The van der Waals surface area contributed by atoms with Gasteiger partial charge in [0, 0.05) is 7.11 Å². The second-order valence-corrected chi connectivity index (χ2v) is 2.73. The molecule has 0 aliphatic heterocycles. The van der Waals surface area contributed by atoms with Crippen molar-refractivity contribution < 1.29 is 35.1 Å². The summed E-state index contributed by atoms with van der Waals surface area (Å²) >= 11 is 0. The Balaban J connectivity index is 4.74. The molecule has 0 unspecified atom stereocenters. The van der Waals surface area contributed by atoms with E-state index >= 15 is 0 Å². The fraction of sp³-hybridized carbons (Fsp3) is 0.857. The van der Waals surface area contributed by atoms with Gasteiger partial charge in [0.15, 0.2) is 12.4 Å². The van der Waals surface area contributed by atoms with Crippen molar-refractivity contribution in [3.05, 3.63) is 0 Å². The van der Waals surface area contributed by atoms with Gasteiger partial charge in [-0.25, -0.2) is 0 Å². The van der Waals surface area contributed by atoms with Crippen molar-refractivity contribution in [3.8, 4) is 0 Å². The van der Waals surface area contributed by atoms with Crippen LogP contribution < -0.4 is 0 Å². The van der Waals surface area contributed by atoms with E-state index in [1.54, 1.807) is 0 Å². The molecule has 0 saturated heterocycles. The average molecular weight is 210 g/mol. The summed E-state index contributed by atoms with van der Waals surface area (Å²) < 4.78 is 4.33. The van der Waals surface area contributed by atoms with Crippen LogP contribution in [0.15, 0.2) is 0 Å². The van der Waals surface area contributed by atoms with Crippen molar-refractivity contribution in [1.29, 1.82) is 0 Å². The summed E-state index contributed by atoms with van der Waals surface area (Å²) in [5.41, 5.74) is 0. The van der Waals surface area contributed by atoms with Gasteiger partial charge in [0.25, 0.3) is 0 Å². The van der Waals surface area contributed by atoms with Gasteiger partial charge < -0.3 is 35.1 Å². The van der Waals surface area contributed by atoms with Gasteiger partial charge in [-0.2, -0.15) is 0 Å². The van der Waals surface area contributed by atoms with Crippen LogP contribution in [0.1, 0.15) is 0 Å². The number of aldehydes is 1.